The molecule has 5 aliphatic rings. The van der Waals surface area contributed by atoms with E-state index in [0.717, 1.165) is 57.2 Å². The summed E-state index contributed by atoms with van der Waals surface area (Å²) in [4.78, 5) is 46.6. The molecule has 1 N–H and O–H groups in total. The van der Waals surface area contributed by atoms with Gasteiger partial charge in [-0.25, -0.2) is 0 Å². The van der Waals surface area contributed by atoms with Crippen LogP contribution in [0.5, 0.6) is 0 Å². The fourth-order valence-corrected chi connectivity index (χ4v) is 6.75. The number of carbonyl (C=O) groups is 3. The van der Waals surface area contributed by atoms with Gasteiger partial charge in [-0.2, -0.15) is 0 Å². The molecule has 3 saturated heterocycles. The van der Waals surface area contributed by atoms with E-state index in [1.165, 1.54) is 12.8 Å². The maximum atomic E-state index is 14.0. The highest BCUT2D eigenvalue weighted by molar-refractivity contribution is 6.01. The van der Waals surface area contributed by atoms with E-state index in [-0.39, 0.29) is 30.3 Å². The number of fused-ring (bicyclic) bond motifs is 1. The number of nitrogens with zero attached hydrogens (tertiary/aromatic N) is 3. The molecule has 1 aromatic carbocycles. The molecular weight excluding hydrogens is 472 g/mol. The molecule has 0 spiro atoms. The maximum absolute atomic E-state index is 14.0. The van der Waals surface area contributed by atoms with Crippen molar-refractivity contribution in [3.05, 3.63) is 29.8 Å². The fraction of sp³-hybridized carbons (Fsp3) is 0.679. The van der Waals surface area contributed by atoms with Gasteiger partial charge in [-0.15, -0.1) is 0 Å². The maximum Gasteiger partial charge on any atom is 0.252 e. The van der Waals surface area contributed by atoms with Crippen molar-refractivity contribution in [2.24, 2.45) is 0 Å². The zero-order valence-electron chi connectivity index (χ0n) is 21.7. The number of ether oxygens (including phenoxy) is 2. The van der Waals surface area contributed by atoms with Gasteiger partial charge in [-0.1, -0.05) is 19.3 Å². The van der Waals surface area contributed by atoms with Gasteiger partial charge in [0.05, 0.1) is 6.54 Å². The molecule has 5 fully saturated rings. The Morgan fingerprint density at radius 1 is 1.03 bits per heavy atom. The Morgan fingerprint density at radius 2 is 1.73 bits per heavy atom. The number of anilines is 1. The minimum absolute atomic E-state index is 0.000309. The van der Waals surface area contributed by atoms with Crippen molar-refractivity contribution in [3.63, 3.8) is 0 Å². The third kappa shape index (κ3) is 4.66. The van der Waals surface area contributed by atoms with Crippen LogP contribution in [0.2, 0.25) is 0 Å². The number of ketones is 1. The van der Waals surface area contributed by atoms with Crippen molar-refractivity contribution in [3.8, 4) is 0 Å². The average molecular weight is 511 g/mol. The van der Waals surface area contributed by atoms with Crippen molar-refractivity contribution in [1.29, 1.82) is 0 Å². The first-order valence-corrected chi connectivity index (χ1v) is 13.9. The van der Waals surface area contributed by atoms with E-state index < -0.39 is 17.7 Å². The Kier molecular flexibility index (Phi) is 6.71. The van der Waals surface area contributed by atoms with E-state index in [1.54, 1.807) is 12.0 Å². The van der Waals surface area contributed by atoms with Crippen LogP contribution in [0, 0.1) is 0 Å². The number of likely N-dealkylation sites (tertiary alicyclic amines) is 1. The molecule has 2 saturated carbocycles. The summed E-state index contributed by atoms with van der Waals surface area (Å²) in [6.45, 7) is 4.49. The van der Waals surface area contributed by atoms with Gasteiger partial charge in [-0.3, -0.25) is 19.3 Å². The van der Waals surface area contributed by atoms with Gasteiger partial charge in [0.1, 0.15) is 30.4 Å². The molecule has 0 radical (unpaired) electrons. The minimum Gasteiger partial charge on any atom is -0.377 e. The first-order chi connectivity index (χ1) is 18.0. The summed E-state index contributed by atoms with van der Waals surface area (Å²) in [5, 5.41) is 3.13. The van der Waals surface area contributed by atoms with Crippen LogP contribution in [-0.4, -0.2) is 104 Å². The molecule has 37 heavy (non-hydrogen) atoms. The summed E-state index contributed by atoms with van der Waals surface area (Å²) in [6, 6.07) is 7.92. The monoisotopic (exact) mass is 510 g/mol. The fourth-order valence-electron chi connectivity index (χ4n) is 6.75. The molecule has 1 aromatic rings. The first kappa shape index (κ1) is 24.8. The number of nitrogens with one attached hydrogen (secondary N) is 1. The summed E-state index contributed by atoms with van der Waals surface area (Å²) in [5.41, 5.74) is 0.666. The molecule has 200 valence electrons. The highest BCUT2D eigenvalue weighted by Crippen LogP contribution is 2.36. The molecule has 3 aliphatic heterocycles. The molecule has 3 heterocycles. The van der Waals surface area contributed by atoms with Crippen LogP contribution in [0.15, 0.2) is 24.3 Å². The van der Waals surface area contributed by atoms with E-state index in [2.05, 4.69) is 15.1 Å². The van der Waals surface area contributed by atoms with E-state index in [4.69, 9.17) is 9.47 Å². The lowest BCUT2D eigenvalue weighted by atomic mass is 9.80. The quantitative estimate of drug-likeness (QED) is 0.622. The molecular formula is C28H38N4O5. The number of rotatable bonds is 6. The molecule has 9 nitrogen and oxygen atoms in total. The predicted octanol–water partition coefficient (Wildman–Crippen LogP) is 1.60. The number of hydrogen-bond donors (Lipinski definition) is 1. The van der Waals surface area contributed by atoms with Crippen molar-refractivity contribution in [2.45, 2.75) is 74.8 Å². The summed E-state index contributed by atoms with van der Waals surface area (Å²) < 4.78 is 11.2. The van der Waals surface area contributed by atoms with Crippen molar-refractivity contribution in [1.82, 2.24) is 15.1 Å². The SMILES string of the molecule is CO[C@@H]1CN(C(=O)C2(NC(=O)c3ccc(N4CCN(C5CC5)CC4)cc3)CCCCC2)[C@@H]2C(=O)CO[C@@H]21. The van der Waals surface area contributed by atoms with Gasteiger partial charge in [0.25, 0.3) is 5.91 Å². The highest BCUT2D eigenvalue weighted by Gasteiger charge is 2.56. The van der Waals surface area contributed by atoms with Crippen LogP contribution in [0.4, 0.5) is 5.69 Å². The first-order valence-electron chi connectivity index (χ1n) is 13.9. The second kappa shape index (κ2) is 10.0. The Hall–Kier alpha value is -2.49. The second-order valence-corrected chi connectivity index (χ2v) is 11.3. The van der Waals surface area contributed by atoms with Crippen LogP contribution in [0.1, 0.15) is 55.3 Å². The third-order valence-corrected chi connectivity index (χ3v) is 9.04. The molecule has 0 bridgehead atoms. The number of Topliss-reactive ketones (excluding diaryl/α,β-unsaturated/α-hetero) is 1. The van der Waals surface area contributed by atoms with Crippen molar-refractivity contribution >= 4 is 23.3 Å². The smallest absolute Gasteiger partial charge is 0.252 e. The van der Waals surface area contributed by atoms with Crippen molar-refractivity contribution in [2.75, 3.05) is 51.3 Å². The van der Waals surface area contributed by atoms with Crippen molar-refractivity contribution < 1.29 is 23.9 Å². The number of hydrogen-bond acceptors (Lipinski definition) is 7. The number of carbonyl (C=O) groups excluding carboxylic acids is 3. The molecule has 2 amide bonds. The standard InChI is InChI=1S/C28H38N4O5/c1-36-23-17-32(24-22(33)18-37-25(23)24)27(35)28(11-3-2-4-12-28)29-26(34)19-5-7-20(8-6-19)30-13-15-31(16-14-30)21-9-10-21/h5-8,21,23-25H,2-4,9-18H2,1H3,(H,29,34)/t23-,24-,25-/m1/s1. The summed E-state index contributed by atoms with van der Waals surface area (Å²) >= 11 is 0. The Labute approximate surface area is 218 Å². The lowest BCUT2D eigenvalue weighted by Crippen LogP contribution is -2.62. The normalized spacial score (nSPS) is 29.9. The van der Waals surface area contributed by atoms with Crippen LogP contribution >= 0.6 is 0 Å². The molecule has 9 heteroatoms. The summed E-state index contributed by atoms with van der Waals surface area (Å²) in [7, 11) is 1.58. The molecule has 3 atom stereocenters. The van der Waals surface area contributed by atoms with E-state index in [9.17, 15) is 14.4 Å². The van der Waals surface area contributed by atoms with Crippen LogP contribution in [-0.2, 0) is 19.1 Å². The molecule has 0 unspecified atom stereocenters. The third-order valence-electron chi connectivity index (χ3n) is 9.04. The molecule has 0 aromatic heterocycles. The Balaban J connectivity index is 1.15. The number of methoxy groups -OCH3 is 1. The number of amides is 2. The summed E-state index contributed by atoms with van der Waals surface area (Å²) in [6.07, 6.45) is 5.79. The predicted molar refractivity (Wildman–Crippen MR) is 138 cm³/mol. The van der Waals surface area contributed by atoms with E-state index in [0.29, 0.717) is 24.9 Å². The Morgan fingerprint density at radius 3 is 2.38 bits per heavy atom. The van der Waals surface area contributed by atoms with Gasteiger partial charge in [0.2, 0.25) is 5.91 Å². The molecule has 6 rings (SSSR count). The lowest BCUT2D eigenvalue weighted by Gasteiger charge is -2.40. The minimum atomic E-state index is -1.01. The van der Waals surface area contributed by atoms with Gasteiger partial charge >= 0.3 is 0 Å². The second-order valence-electron chi connectivity index (χ2n) is 11.3. The number of piperazine rings is 1. The van der Waals surface area contributed by atoms with Crippen LogP contribution in [0.3, 0.4) is 0 Å². The zero-order valence-corrected chi connectivity index (χ0v) is 21.7. The van der Waals surface area contributed by atoms with Gasteiger partial charge in [0.15, 0.2) is 5.78 Å². The van der Waals surface area contributed by atoms with Gasteiger partial charge < -0.3 is 24.6 Å². The Bertz CT molecular complexity index is 1030. The summed E-state index contributed by atoms with van der Waals surface area (Å²) in [5.74, 6) is -0.517. The number of benzene rings is 1. The zero-order chi connectivity index (χ0) is 25.6. The molecule has 2 aliphatic carbocycles. The van der Waals surface area contributed by atoms with Gasteiger partial charge in [0, 0.05) is 50.6 Å². The topological polar surface area (TPSA) is 91.4 Å². The van der Waals surface area contributed by atoms with E-state index in [1.807, 2.05) is 24.3 Å². The van der Waals surface area contributed by atoms with E-state index >= 15 is 0 Å². The van der Waals surface area contributed by atoms with Crippen LogP contribution < -0.4 is 10.2 Å². The lowest BCUT2D eigenvalue weighted by molar-refractivity contribution is -0.143. The van der Waals surface area contributed by atoms with Gasteiger partial charge in [-0.05, 0) is 49.9 Å². The largest absolute Gasteiger partial charge is 0.377 e. The highest BCUT2D eigenvalue weighted by atomic mass is 16.5. The average Bonchev–Trinajstić information content (AvgIpc) is 3.62. The van der Waals surface area contributed by atoms with Crippen LogP contribution in [0.25, 0.3) is 0 Å².